The number of hydrogen-bond donors (Lipinski definition) is 2. The van der Waals surface area contributed by atoms with Crippen LogP contribution in [0.1, 0.15) is 16.3 Å². The summed E-state index contributed by atoms with van der Waals surface area (Å²) in [4.78, 5) is 23.6. The van der Waals surface area contributed by atoms with E-state index in [2.05, 4.69) is 35.4 Å². The van der Waals surface area contributed by atoms with Crippen LogP contribution in [0.25, 0.3) is 21.5 Å². The smallest absolute Gasteiger partial charge is 0.260 e. The van der Waals surface area contributed by atoms with Crippen LogP contribution >= 0.6 is 22.7 Å². The van der Waals surface area contributed by atoms with E-state index in [4.69, 9.17) is 4.42 Å². The van der Waals surface area contributed by atoms with Crippen molar-refractivity contribution in [1.29, 1.82) is 0 Å². The molecular formula is C18H18N3O2S2+. The SMILES string of the molecule is Cc1ccsc1C[NH+](C)Cc1nc2scc(-c3ccco3)c2c(=O)[nH]1. The number of H-pyrrole nitrogens is 1. The fourth-order valence-corrected chi connectivity index (χ4v) is 4.86. The van der Waals surface area contributed by atoms with Gasteiger partial charge in [-0.25, -0.2) is 4.98 Å². The van der Waals surface area contributed by atoms with Gasteiger partial charge in [-0.2, -0.15) is 0 Å². The first-order valence-corrected chi connectivity index (χ1v) is 9.76. The summed E-state index contributed by atoms with van der Waals surface area (Å²) in [5, 5.41) is 4.66. The van der Waals surface area contributed by atoms with Crippen molar-refractivity contribution in [2.45, 2.75) is 20.0 Å². The molecule has 0 saturated carbocycles. The average Bonchev–Trinajstić information content (AvgIpc) is 3.28. The molecule has 4 aromatic heterocycles. The molecule has 0 fully saturated rings. The Hall–Kier alpha value is -2.22. The number of hydrogen-bond acceptors (Lipinski definition) is 5. The zero-order valence-electron chi connectivity index (χ0n) is 14.0. The van der Waals surface area contributed by atoms with Gasteiger partial charge in [-0.05, 0) is 36.1 Å². The van der Waals surface area contributed by atoms with Gasteiger partial charge in [0.05, 0.1) is 23.6 Å². The summed E-state index contributed by atoms with van der Waals surface area (Å²) in [5.41, 5.74) is 2.02. The highest BCUT2D eigenvalue weighted by molar-refractivity contribution is 7.17. The summed E-state index contributed by atoms with van der Waals surface area (Å²) >= 11 is 3.25. The fraction of sp³-hybridized carbons (Fsp3) is 0.222. The molecule has 0 spiro atoms. The molecule has 128 valence electrons. The average molecular weight is 372 g/mol. The van der Waals surface area contributed by atoms with E-state index in [-0.39, 0.29) is 5.56 Å². The molecule has 4 aromatic rings. The Kier molecular flexibility index (Phi) is 4.29. The number of nitrogens with zero attached hydrogens (tertiary/aromatic N) is 1. The van der Waals surface area contributed by atoms with E-state index in [1.54, 1.807) is 17.6 Å². The van der Waals surface area contributed by atoms with E-state index in [0.717, 1.165) is 22.8 Å². The number of aromatic amines is 1. The molecule has 7 heteroatoms. The molecule has 4 rings (SSSR count). The summed E-state index contributed by atoms with van der Waals surface area (Å²) < 4.78 is 5.43. The van der Waals surface area contributed by atoms with Gasteiger partial charge in [-0.1, -0.05) is 0 Å². The molecule has 0 amide bonds. The summed E-state index contributed by atoms with van der Waals surface area (Å²) in [6, 6.07) is 5.82. The van der Waals surface area contributed by atoms with E-state index in [9.17, 15) is 4.79 Å². The fourth-order valence-electron chi connectivity index (χ4n) is 2.90. The van der Waals surface area contributed by atoms with Gasteiger partial charge in [-0.3, -0.25) is 4.79 Å². The largest absolute Gasteiger partial charge is 0.464 e. The van der Waals surface area contributed by atoms with Crippen LogP contribution in [0.5, 0.6) is 0 Å². The van der Waals surface area contributed by atoms with Gasteiger partial charge in [0.2, 0.25) is 0 Å². The van der Waals surface area contributed by atoms with E-state index in [1.165, 1.54) is 26.7 Å². The first kappa shape index (κ1) is 16.3. The molecule has 25 heavy (non-hydrogen) atoms. The Morgan fingerprint density at radius 1 is 1.28 bits per heavy atom. The Bertz CT molecular complexity index is 1060. The topological polar surface area (TPSA) is 63.3 Å². The number of furan rings is 1. The van der Waals surface area contributed by atoms with E-state index in [1.807, 2.05) is 17.5 Å². The van der Waals surface area contributed by atoms with Crippen LogP contribution in [0, 0.1) is 6.92 Å². The van der Waals surface area contributed by atoms with Crippen molar-refractivity contribution in [3.05, 3.63) is 61.8 Å². The van der Waals surface area contributed by atoms with Crippen molar-refractivity contribution < 1.29 is 9.32 Å². The first-order chi connectivity index (χ1) is 12.1. The molecule has 0 saturated heterocycles. The zero-order valence-corrected chi connectivity index (χ0v) is 15.6. The van der Waals surface area contributed by atoms with Gasteiger partial charge < -0.3 is 14.3 Å². The number of aryl methyl sites for hydroxylation is 1. The van der Waals surface area contributed by atoms with Crippen LogP contribution in [0.3, 0.4) is 0 Å². The highest BCUT2D eigenvalue weighted by Crippen LogP contribution is 2.30. The first-order valence-electron chi connectivity index (χ1n) is 8.00. The number of aromatic nitrogens is 2. The Morgan fingerprint density at radius 2 is 2.16 bits per heavy atom. The third kappa shape index (κ3) is 3.18. The molecular weight excluding hydrogens is 354 g/mol. The van der Waals surface area contributed by atoms with E-state index >= 15 is 0 Å². The van der Waals surface area contributed by atoms with Gasteiger partial charge in [0.1, 0.15) is 23.7 Å². The molecule has 2 N–H and O–H groups in total. The van der Waals surface area contributed by atoms with Crippen molar-refractivity contribution in [3.8, 4) is 11.3 Å². The minimum atomic E-state index is -0.104. The van der Waals surface area contributed by atoms with Gasteiger partial charge in [0.25, 0.3) is 5.56 Å². The molecule has 4 heterocycles. The Labute approximate surface area is 152 Å². The third-order valence-corrected chi connectivity index (χ3v) is 6.07. The normalized spacial score (nSPS) is 12.7. The number of thiophene rings is 2. The second-order valence-electron chi connectivity index (χ2n) is 6.16. The minimum Gasteiger partial charge on any atom is -0.464 e. The third-order valence-electron chi connectivity index (χ3n) is 4.18. The number of fused-ring (bicyclic) bond motifs is 1. The lowest BCUT2D eigenvalue weighted by Gasteiger charge is -2.13. The van der Waals surface area contributed by atoms with Gasteiger partial charge in [0.15, 0.2) is 5.82 Å². The highest BCUT2D eigenvalue weighted by Gasteiger charge is 2.16. The molecule has 0 aliphatic rings. The van der Waals surface area contributed by atoms with Crippen LogP contribution in [-0.4, -0.2) is 17.0 Å². The van der Waals surface area contributed by atoms with Crippen LogP contribution in [0.15, 0.2) is 44.4 Å². The van der Waals surface area contributed by atoms with Crippen molar-refractivity contribution in [3.63, 3.8) is 0 Å². The Balaban J connectivity index is 1.61. The quantitative estimate of drug-likeness (QED) is 0.566. The molecule has 5 nitrogen and oxygen atoms in total. The minimum absolute atomic E-state index is 0.104. The van der Waals surface area contributed by atoms with Crippen molar-refractivity contribution in [1.82, 2.24) is 9.97 Å². The maximum atomic E-state index is 12.6. The van der Waals surface area contributed by atoms with Crippen LogP contribution in [0.4, 0.5) is 0 Å². The van der Waals surface area contributed by atoms with Crippen LogP contribution in [0.2, 0.25) is 0 Å². The van der Waals surface area contributed by atoms with Gasteiger partial charge in [0, 0.05) is 10.9 Å². The van der Waals surface area contributed by atoms with Crippen LogP contribution < -0.4 is 10.5 Å². The monoisotopic (exact) mass is 372 g/mol. The second-order valence-corrected chi connectivity index (χ2v) is 8.02. The van der Waals surface area contributed by atoms with Crippen molar-refractivity contribution in [2.24, 2.45) is 0 Å². The Morgan fingerprint density at radius 3 is 2.88 bits per heavy atom. The standard InChI is InChI=1S/C18H17N3O2S2/c1-11-5-7-24-14(11)8-21(2)9-15-19-17(22)16-12(10-25-18(16)20-15)13-4-3-6-23-13/h3-7,10H,8-9H2,1-2H3,(H,19,20,22)/p+1. The van der Waals surface area contributed by atoms with Crippen molar-refractivity contribution in [2.75, 3.05) is 7.05 Å². The molecule has 0 radical (unpaired) electrons. The number of nitrogens with one attached hydrogen (secondary N) is 2. The molecule has 0 bridgehead atoms. The highest BCUT2D eigenvalue weighted by atomic mass is 32.1. The lowest BCUT2D eigenvalue weighted by molar-refractivity contribution is -0.908. The maximum Gasteiger partial charge on any atom is 0.260 e. The summed E-state index contributed by atoms with van der Waals surface area (Å²) in [5.74, 6) is 1.42. The second kappa shape index (κ2) is 6.59. The van der Waals surface area contributed by atoms with Crippen LogP contribution in [-0.2, 0) is 13.1 Å². The number of rotatable bonds is 5. The maximum absolute atomic E-state index is 12.6. The van der Waals surface area contributed by atoms with Crippen molar-refractivity contribution >= 4 is 32.9 Å². The number of quaternary nitrogens is 1. The van der Waals surface area contributed by atoms with Gasteiger partial charge >= 0.3 is 0 Å². The predicted octanol–water partition coefficient (Wildman–Crippen LogP) is 2.83. The molecule has 0 aromatic carbocycles. The molecule has 0 aliphatic carbocycles. The molecule has 1 atom stereocenters. The lowest BCUT2D eigenvalue weighted by atomic mass is 10.2. The van der Waals surface area contributed by atoms with E-state index in [0.29, 0.717) is 17.7 Å². The summed E-state index contributed by atoms with van der Waals surface area (Å²) in [7, 11) is 2.12. The molecule has 0 aliphatic heterocycles. The molecule has 1 unspecified atom stereocenters. The van der Waals surface area contributed by atoms with Gasteiger partial charge in [-0.15, -0.1) is 22.7 Å². The predicted molar refractivity (Wildman–Crippen MR) is 101 cm³/mol. The summed E-state index contributed by atoms with van der Waals surface area (Å²) in [6.45, 7) is 3.73. The zero-order chi connectivity index (χ0) is 17.4. The summed E-state index contributed by atoms with van der Waals surface area (Å²) in [6.07, 6.45) is 1.61. The lowest BCUT2D eigenvalue weighted by Crippen LogP contribution is -3.06. The van der Waals surface area contributed by atoms with E-state index < -0.39 is 0 Å².